The van der Waals surface area contributed by atoms with Crippen molar-refractivity contribution in [3.05, 3.63) is 0 Å². The molecule has 0 N–H and O–H groups in total. The number of halogens is 1. The van der Waals surface area contributed by atoms with Crippen molar-refractivity contribution in [3.8, 4) is 0 Å². The zero-order valence-corrected chi connectivity index (χ0v) is 9.17. The SMILES string of the molecule is CCOC(=O)CC(=O)C[C@@H](CCl)OC. The molecular weight excluding hydrogens is 208 g/mol. The molecular formula is C9H15ClO4. The molecule has 0 aromatic rings. The van der Waals surface area contributed by atoms with Crippen LogP contribution in [0.5, 0.6) is 0 Å². The molecule has 0 unspecified atom stereocenters. The summed E-state index contributed by atoms with van der Waals surface area (Å²) in [6, 6.07) is 0. The van der Waals surface area contributed by atoms with Crippen molar-refractivity contribution in [2.45, 2.75) is 25.9 Å². The van der Waals surface area contributed by atoms with Gasteiger partial charge in [0.25, 0.3) is 0 Å². The van der Waals surface area contributed by atoms with E-state index in [9.17, 15) is 9.59 Å². The largest absolute Gasteiger partial charge is 0.466 e. The normalized spacial score (nSPS) is 12.2. The Morgan fingerprint density at radius 1 is 1.43 bits per heavy atom. The van der Waals surface area contributed by atoms with E-state index in [2.05, 4.69) is 4.74 Å². The quantitative estimate of drug-likeness (QED) is 0.368. The molecule has 4 nitrogen and oxygen atoms in total. The number of carbonyl (C=O) groups excluding carboxylic acids is 2. The minimum Gasteiger partial charge on any atom is -0.466 e. The number of carbonyl (C=O) groups is 2. The van der Waals surface area contributed by atoms with E-state index < -0.39 is 5.97 Å². The molecule has 0 aromatic heterocycles. The maximum absolute atomic E-state index is 11.2. The average molecular weight is 223 g/mol. The third kappa shape index (κ3) is 5.94. The number of methoxy groups -OCH3 is 1. The van der Waals surface area contributed by atoms with E-state index in [-0.39, 0.29) is 37.2 Å². The van der Waals surface area contributed by atoms with Crippen molar-refractivity contribution in [3.63, 3.8) is 0 Å². The first kappa shape index (κ1) is 13.4. The third-order valence-electron chi connectivity index (χ3n) is 1.61. The van der Waals surface area contributed by atoms with Gasteiger partial charge in [0.2, 0.25) is 0 Å². The van der Waals surface area contributed by atoms with Crippen LogP contribution in [0.1, 0.15) is 19.8 Å². The number of hydrogen-bond acceptors (Lipinski definition) is 4. The summed E-state index contributed by atoms with van der Waals surface area (Å²) in [5.74, 6) is -0.469. The summed E-state index contributed by atoms with van der Waals surface area (Å²) in [6.07, 6.45) is -0.373. The van der Waals surface area contributed by atoms with Gasteiger partial charge in [0, 0.05) is 19.4 Å². The van der Waals surface area contributed by atoms with Gasteiger partial charge < -0.3 is 9.47 Å². The molecule has 0 amide bonds. The third-order valence-corrected chi connectivity index (χ3v) is 1.95. The average Bonchev–Trinajstić information content (AvgIpc) is 2.14. The fraction of sp³-hybridized carbons (Fsp3) is 0.778. The Morgan fingerprint density at radius 3 is 2.50 bits per heavy atom. The minimum absolute atomic E-state index is 0.152. The van der Waals surface area contributed by atoms with Crippen LogP contribution in [0.2, 0.25) is 0 Å². The van der Waals surface area contributed by atoms with E-state index in [4.69, 9.17) is 16.3 Å². The molecule has 0 heterocycles. The number of ketones is 1. The lowest BCUT2D eigenvalue weighted by Crippen LogP contribution is -2.20. The van der Waals surface area contributed by atoms with Gasteiger partial charge in [-0.2, -0.15) is 0 Å². The Bertz CT molecular complexity index is 189. The highest BCUT2D eigenvalue weighted by Crippen LogP contribution is 2.03. The van der Waals surface area contributed by atoms with Gasteiger partial charge in [0.1, 0.15) is 12.2 Å². The molecule has 5 heteroatoms. The van der Waals surface area contributed by atoms with Crippen molar-refractivity contribution in [1.29, 1.82) is 0 Å². The number of Topliss-reactive ketones (excluding diaryl/α,β-unsaturated/α-hetero) is 1. The van der Waals surface area contributed by atoms with Gasteiger partial charge in [-0.25, -0.2) is 0 Å². The van der Waals surface area contributed by atoms with Gasteiger partial charge >= 0.3 is 5.97 Å². The monoisotopic (exact) mass is 222 g/mol. The summed E-state index contributed by atoms with van der Waals surface area (Å²) in [6.45, 7) is 1.98. The second kappa shape index (κ2) is 7.76. The maximum atomic E-state index is 11.2. The lowest BCUT2D eigenvalue weighted by Gasteiger charge is -2.09. The molecule has 14 heavy (non-hydrogen) atoms. The van der Waals surface area contributed by atoms with Crippen molar-refractivity contribution < 1.29 is 19.1 Å². The van der Waals surface area contributed by atoms with Crippen molar-refractivity contribution in [2.75, 3.05) is 19.6 Å². The Kier molecular flexibility index (Phi) is 7.42. The van der Waals surface area contributed by atoms with Gasteiger partial charge in [0.15, 0.2) is 0 Å². The van der Waals surface area contributed by atoms with E-state index in [1.54, 1.807) is 6.92 Å². The summed E-state index contributed by atoms with van der Waals surface area (Å²) in [5.41, 5.74) is 0. The van der Waals surface area contributed by atoms with Crippen molar-refractivity contribution in [1.82, 2.24) is 0 Å². The first-order chi connectivity index (χ1) is 6.63. The van der Waals surface area contributed by atoms with E-state index in [0.29, 0.717) is 0 Å². The van der Waals surface area contributed by atoms with Gasteiger partial charge in [-0.1, -0.05) is 0 Å². The molecule has 0 saturated carbocycles. The number of alkyl halides is 1. The highest BCUT2D eigenvalue weighted by molar-refractivity contribution is 6.18. The van der Waals surface area contributed by atoms with E-state index in [0.717, 1.165) is 0 Å². The van der Waals surface area contributed by atoms with Gasteiger partial charge in [-0.05, 0) is 6.92 Å². The van der Waals surface area contributed by atoms with Crippen LogP contribution in [0.25, 0.3) is 0 Å². The summed E-state index contributed by atoms with van der Waals surface area (Å²) in [7, 11) is 1.48. The maximum Gasteiger partial charge on any atom is 0.313 e. The van der Waals surface area contributed by atoms with Crippen LogP contribution in [0.4, 0.5) is 0 Å². The summed E-state index contributed by atoms with van der Waals surface area (Å²) in [4.78, 5) is 22.1. The summed E-state index contributed by atoms with van der Waals surface area (Å²) >= 11 is 5.52. The highest BCUT2D eigenvalue weighted by Gasteiger charge is 2.15. The van der Waals surface area contributed by atoms with Crippen LogP contribution >= 0.6 is 11.6 Å². The summed E-state index contributed by atoms with van der Waals surface area (Å²) < 4.78 is 9.53. The smallest absolute Gasteiger partial charge is 0.313 e. The second-order valence-corrected chi connectivity index (χ2v) is 3.05. The number of hydrogen-bond donors (Lipinski definition) is 0. The van der Waals surface area contributed by atoms with Crippen molar-refractivity contribution in [2.24, 2.45) is 0 Å². The molecule has 0 radical (unpaired) electrons. The Morgan fingerprint density at radius 2 is 2.07 bits per heavy atom. The van der Waals surface area contributed by atoms with Gasteiger partial charge in [-0.15, -0.1) is 11.6 Å². The molecule has 0 rings (SSSR count). The lowest BCUT2D eigenvalue weighted by atomic mass is 10.1. The molecule has 1 atom stereocenters. The number of esters is 1. The molecule has 0 aliphatic carbocycles. The van der Waals surface area contributed by atoms with E-state index >= 15 is 0 Å². The number of rotatable bonds is 7. The summed E-state index contributed by atoms with van der Waals surface area (Å²) in [5, 5.41) is 0. The molecule has 0 bridgehead atoms. The molecule has 0 fully saturated rings. The second-order valence-electron chi connectivity index (χ2n) is 2.74. The highest BCUT2D eigenvalue weighted by atomic mass is 35.5. The molecule has 0 spiro atoms. The Hall–Kier alpha value is -0.610. The van der Waals surface area contributed by atoms with Gasteiger partial charge in [-0.3, -0.25) is 9.59 Å². The minimum atomic E-state index is -0.498. The first-order valence-electron chi connectivity index (χ1n) is 4.40. The van der Waals surface area contributed by atoms with E-state index in [1.165, 1.54) is 7.11 Å². The van der Waals surface area contributed by atoms with Crippen LogP contribution in [-0.2, 0) is 19.1 Å². The lowest BCUT2D eigenvalue weighted by molar-refractivity contribution is -0.145. The van der Waals surface area contributed by atoms with Crippen LogP contribution in [0, 0.1) is 0 Å². The van der Waals surface area contributed by atoms with Crippen LogP contribution < -0.4 is 0 Å². The van der Waals surface area contributed by atoms with Crippen molar-refractivity contribution >= 4 is 23.4 Å². The zero-order valence-electron chi connectivity index (χ0n) is 8.42. The molecule has 82 valence electrons. The zero-order chi connectivity index (χ0) is 11.0. The standard InChI is InChI=1S/C9H15ClO4/c1-3-14-9(12)5-7(11)4-8(6-10)13-2/h8H,3-6H2,1-2H3/t8-/m0/s1. The Balaban J connectivity index is 3.79. The first-order valence-corrected chi connectivity index (χ1v) is 4.93. The van der Waals surface area contributed by atoms with E-state index in [1.807, 2.05) is 0 Å². The fourth-order valence-electron chi connectivity index (χ4n) is 0.900. The van der Waals surface area contributed by atoms with Crippen LogP contribution in [0.15, 0.2) is 0 Å². The van der Waals surface area contributed by atoms with Crippen LogP contribution in [-0.4, -0.2) is 37.5 Å². The number of ether oxygens (including phenoxy) is 2. The van der Waals surface area contributed by atoms with Gasteiger partial charge in [0.05, 0.1) is 12.7 Å². The fourth-order valence-corrected chi connectivity index (χ4v) is 1.14. The molecule has 0 aliphatic rings. The predicted molar refractivity (Wildman–Crippen MR) is 52.4 cm³/mol. The molecule has 0 aliphatic heterocycles. The topological polar surface area (TPSA) is 52.6 Å². The van der Waals surface area contributed by atoms with Crippen LogP contribution in [0.3, 0.4) is 0 Å². The Labute approximate surface area is 88.5 Å². The predicted octanol–water partition coefficient (Wildman–Crippen LogP) is 1.15. The molecule has 0 saturated heterocycles. The molecule has 0 aromatic carbocycles.